The van der Waals surface area contributed by atoms with Gasteiger partial charge in [-0.3, -0.25) is 0 Å². The fourth-order valence-corrected chi connectivity index (χ4v) is 4.00. The molecule has 0 radical (unpaired) electrons. The zero-order valence-electron chi connectivity index (χ0n) is 17.7. The van der Waals surface area contributed by atoms with Gasteiger partial charge in [0.2, 0.25) is 4.80 Å². The number of aromatic hydroxyl groups is 1. The van der Waals surface area contributed by atoms with Gasteiger partial charge in [-0.25, -0.2) is 9.67 Å². The first-order valence-electron chi connectivity index (χ1n) is 9.84. The molecule has 1 heterocycles. The van der Waals surface area contributed by atoms with Gasteiger partial charge in [0.05, 0.1) is 17.6 Å². The van der Waals surface area contributed by atoms with Gasteiger partial charge in [0.25, 0.3) is 0 Å². The number of nitrogens with zero attached hydrogens (tertiary/aromatic N) is 4. The molecule has 0 aliphatic heterocycles. The summed E-state index contributed by atoms with van der Waals surface area (Å²) in [7, 11) is 0. The van der Waals surface area contributed by atoms with Crippen LogP contribution in [0.5, 0.6) is 5.75 Å². The monoisotopic (exact) mass is 408 g/mol. The van der Waals surface area contributed by atoms with Crippen LogP contribution >= 0.6 is 11.3 Å². The Bertz CT molecular complexity index is 1090. The molecule has 5 nitrogen and oxygen atoms in total. The van der Waals surface area contributed by atoms with E-state index in [1.54, 1.807) is 23.6 Å². The quantitative estimate of drug-likeness (QED) is 0.574. The van der Waals surface area contributed by atoms with Gasteiger partial charge in [0, 0.05) is 35.8 Å². The summed E-state index contributed by atoms with van der Waals surface area (Å²) in [5.74, 6) is 0.222. The van der Waals surface area contributed by atoms with Crippen molar-refractivity contribution in [2.75, 3.05) is 18.0 Å². The molecule has 0 atom stereocenters. The maximum Gasteiger partial charge on any atom is 0.211 e. The predicted molar refractivity (Wildman–Crippen MR) is 123 cm³/mol. The lowest BCUT2D eigenvalue weighted by molar-refractivity contribution is 0.474. The van der Waals surface area contributed by atoms with Crippen molar-refractivity contribution < 1.29 is 5.11 Å². The van der Waals surface area contributed by atoms with Crippen LogP contribution in [0.1, 0.15) is 36.2 Å². The van der Waals surface area contributed by atoms with E-state index < -0.39 is 0 Å². The third kappa shape index (κ3) is 4.77. The second kappa shape index (κ2) is 9.09. The van der Waals surface area contributed by atoms with E-state index in [9.17, 15) is 5.11 Å². The topological polar surface area (TPSA) is 53.1 Å². The summed E-state index contributed by atoms with van der Waals surface area (Å²) in [4.78, 5) is 7.79. The van der Waals surface area contributed by atoms with Crippen molar-refractivity contribution in [3.05, 3.63) is 69.0 Å². The number of thiazole rings is 1. The molecular formula is C23H28N4OS. The Kier molecular flexibility index (Phi) is 6.54. The minimum Gasteiger partial charge on any atom is -0.507 e. The molecular weight excluding hydrogens is 380 g/mol. The van der Waals surface area contributed by atoms with Crippen LogP contribution in [0.15, 0.2) is 51.9 Å². The Morgan fingerprint density at radius 3 is 2.48 bits per heavy atom. The lowest BCUT2D eigenvalue weighted by Gasteiger charge is -2.21. The second-order valence-corrected chi connectivity index (χ2v) is 7.87. The Hall–Kier alpha value is -2.86. The van der Waals surface area contributed by atoms with Gasteiger partial charge in [-0.1, -0.05) is 17.7 Å². The molecule has 0 saturated heterocycles. The molecule has 3 rings (SSSR count). The van der Waals surface area contributed by atoms with Gasteiger partial charge in [-0.15, -0.1) is 11.3 Å². The highest BCUT2D eigenvalue weighted by Gasteiger charge is 2.07. The van der Waals surface area contributed by atoms with Crippen molar-refractivity contribution in [1.82, 2.24) is 4.68 Å². The molecule has 152 valence electrons. The molecule has 1 aromatic heterocycles. The fourth-order valence-electron chi connectivity index (χ4n) is 3.18. The second-order valence-electron chi connectivity index (χ2n) is 7.03. The van der Waals surface area contributed by atoms with Gasteiger partial charge in [0.1, 0.15) is 5.75 Å². The molecule has 0 aliphatic carbocycles. The molecule has 0 aliphatic rings. The molecule has 6 heteroatoms. The molecule has 0 fully saturated rings. The molecule has 29 heavy (non-hydrogen) atoms. The highest BCUT2D eigenvalue weighted by atomic mass is 32.1. The van der Waals surface area contributed by atoms with Crippen molar-refractivity contribution in [2.45, 2.75) is 34.6 Å². The minimum absolute atomic E-state index is 0.222. The SMILES string of the molecule is CCN(CC)c1ccc(C=Nn2c(C)csc2=Nc2ccc(C)cc2C)c(O)c1. The predicted octanol–water partition coefficient (Wildman–Crippen LogP) is 5.14. The van der Waals surface area contributed by atoms with Crippen LogP contribution in [0.2, 0.25) is 0 Å². The van der Waals surface area contributed by atoms with Crippen LogP contribution in [-0.2, 0) is 0 Å². The standard InChI is InChI=1S/C23H28N4OS/c1-6-26(7-2)20-10-9-19(22(28)13-20)14-24-27-18(5)15-29-23(27)25-21-11-8-16(3)12-17(21)4/h8-15,28H,6-7H2,1-5H3. The van der Waals surface area contributed by atoms with E-state index >= 15 is 0 Å². The van der Waals surface area contributed by atoms with E-state index in [-0.39, 0.29) is 5.75 Å². The number of phenols is 1. The minimum atomic E-state index is 0.222. The third-order valence-electron chi connectivity index (χ3n) is 4.87. The van der Waals surface area contributed by atoms with Crippen molar-refractivity contribution in [1.29, 1.82) is 0 Å². The van der Waals surface area contributed by atoms with E-state index in [4.69, 9.17) is 4.99 Å². The van der Waals surface area contributed by atoms with Gasteiger partial charge in [-0.05, 0) is 58.4 Å². The van der Waals surface area contributed by atoms with Crippen molar-refractivity contribution in [3.63, 3.8) is 0 Å². The summed E-state index contributed by atoms with van der Waals surface area (Å²) in [6, 6.07) is 11.9. The smallest absolute Gasteiger partial charge is 0.211 e. The zero-order chi connectivity index (χ0) is 21.0. The lowest BCUT2D eigenvalue weighted by atomic mass is 10.1. The number of aryl methyl sites for hydroxylation is 3. The third-order valence-corrected chi connectivity index (χ3v) is 5.81. The summed E-state index contributed by atoms with van der Waals surface area (Å²) in [6.07, 6.45) is 1.68. The first-order chi connectivity index (χ1) is 13.9. The maximum atomic E-state index is 10.4. The molecule has 0 saturated carbocycles. The van der Waals surface area contributed by atoms with Crippen LogP contribution < -0.4 is 9.70 Å². The van der Waals surface area contributed by atoms with E-state index in [0.29, 0.717) is 5.56 Å². The number of aromatic nitrogens is 1. The Balaban J connectivity index is 1.94. The van der Waals surface area contributed by atoms with Crippen LogP contribution in [-0.4, -0.2) is 29.1 Å². The molecule has 1 N–H and O–H groups in total. The highest BCUT2D eigenvalue weighted by Crippen LogP contribution is 2.24. The molecule has 0 spiro atoms. The number of hydrogen-bond donors (Lipinski definition) is 1. The normalized spacial score (nSPS) is 12.1. The van der Waals surface area contributed by atoms with Gasteiger partial charge in [-0.2, -0.15) is 5.10 Å². The summed E-state index contributed by atoms with van der Waals surface area (Å²) in [5, 5.41) is 17.1. The van der Waals surface area contributed by atoms with Crippen LogP contribution in [0.3, 0.4) is 0 Å². The number of hydrogen-bond acceptors (Lipinski definition) is 5. The molecule has 3 aromatic rings. The molecule has 2 aromatic carbocycles. The molecule has 0 amide bonds. The number of rotatable bonds is 6. The van der Waals surface area contributed by atoms with Gasteiger partial charge >= 0.3 is 0 Å². The van der Waals surface area contributed by atoms with E-state index in [1.165, 1.54) is 5.56 Å². The summed E-state index contributed by atoms with van der Waals surface area (Å²) < 4.78 is 1.81. The summed E-state index contributed by atoms with van der Waals surface area (Å²) in [5.41, 5.74) is 5.97. The van der Waals surface area contributed by atoms with E-state index in [1.807, 2.05) is 35.2 Å². The summed E-state index contributed by atoms with van der Waals surface area (Å²) in [6.45, 7) is 12.1. The molecule has 0 bridgehead atoms. The number of anilines is 1. The van der Waals surface area contributed by atoms with Crippen molar-refractivity contribution >= 4 is 28.9 Å². The average Bonchev–Trinajstić information content (AvgIpc) is 3.04. The van der Waals surface area contributed by atoms with E-state index in [0.717, 1.165) is 40.5 Å². The average molecular weight is 409 g/mol. The van der Waals surface area contributed by atoms with Crippen molar-refractivity contribution in [2.24, 2.45) is 10.1 Å². The lowest BCUT2D eigenvalue weighted by Crippen LogP contribution is -2.21. The zero-order valence-corrected chi connectivity index (χ0v) is 18.5. The van der Waals surface area contributed by atoms with Gasteiger partial charge in [0.15, 0.2) is 0 Å². The van der Waals surface area contributed by atoms with E-state index in [2.05, 4.69) is 49.8 Å². The Morgan fingerprint density at radius 2 is 1.83 bits per heavy atom. The summed E-state index contributed by atoms with van der Waals surface area (Å²) >= 11 is 1.55. The highest BCUT2D eigenvalue weighted by molar-refractivity contribution is 7.07. The first kappa shape index (κ1) is 20.9. The Labute approximate surface area is 176 Å². The largest absolute Gasteiger partial charge is 0.507 e. The maximum absolute atomic E-state index is 10.4. The van der Waals surface area contributed by atoms with Gasteiger partial charge < -0.3 is 10.0 Å². The fraction of sp³-hybridized carbons (Fsp3) is 0.304. The Morgan fingerprint density at radius 1 is 1.07 bits per heavy atom. The van der Waals surface area contributed by atoms with Crippen LogP contribution in [0, 0.1) is 20.8 Å². The first-order valence-corrected chi connectivity index (χ1v) is 10.7. The van der Waals surface area contributed by atoms with Crippen molar-refractivity contribution in [3.8, 4) is 5.75 Å². The number of phenolic OH excluding ortho intramolecular Hbond substituents is 1. The number of benzene rings is 2. The molecule has 0 unspecified atom stereocenters. The van der Waals surface area contributed by atoms with Crippen LogP contribution in [0.4, 0.5) is 11.4 Å². The van der Waals surface area contributed by atoms with Crippen LogP contribution in [0.25, 0.3) is 0 Å².